The Morgan fingerprint density at radius 2 is 2.00 bits per heavy atom. The molecule has 2 N–H and O–H groups in total. The molecule has 0 spiro atoms. The van der Waals surface area contributed by atoms with Gasteiger partial charge in [0.15, 0.2) is 11.5 Å². The lowest BCUT2D eigenvalue weighted by molar-refractivity contribution is 0.372. The summed E-state index contributed by atoms with van der Waals surface area (Å²) in [4.78, 5) is 0. The molecule has 0 aliphatic rings. The zero-order chi connectivity index (χ0) is 13.9. The number of aromatic hydroxyl groups is 1. The first-order valence-corrected chi connectivity index (χ1v) is 6.95. The maximum atomic E-state index is 12.0. The van der Waals surface area contributed by atoms with Crippen molar-refractivity contribution in [2.45, 2.75) is 38.5 Å². The van der Waals surface area contributed by atoms with Gasteiger partial charge in [-0.2, -0.15) is 0 Å². The Balaban J connectivity index is 2.85. The van der Waals surface area contributed by atoms with Crippen LogP contribution in [0.1, 0.15) is 39.3 Å². The SMILES string of the molecule is COc1cc([C@@H](C)N[S@](=O)C(C)(C)C)ccc1O. The summed E-state index contributed by atoms with van der Waals surface area (Å²) in [7, 11) is 0.369. The average molecular weight is 271 g/mol. The molecule has 0 aromatic heterocycles. The summed E-state index contributed by atoms with van der Waals surface area (Å²) in [6.07, 6.45) is 0. The quantitative estimate of drug-likeness (QED) is 0.884. The van der Waals surface area contributed by atoms with Crippen molar-refractivity contribution in [2.75, 3.05) is 7.11 Å². The number of rotatable bonds is 4. The van der Waals surface area contributed by atoms with Gasteiger partial charge in [-0.05, 0) is 45.4 Å². The number of ether oxygens (including phenoxy) is 1. The van der Waals surface area contributed by atoms with Gasteiger partial charge in [0.25, 0.3) is 0 Å². The molecule has 2 atom stereocenters. The molecule has 1 aromatic rings. The number of benzene rings is 1. The highest BCUT2D eigenvalue weighted by molar-refractivity contribution is 7.84. The van der Waals surface area contributed by atoms with Gasteiger partial charge in [0, 0.05) is 6.04 Å². The zero-order valence-corrected chi connectivity index (χ0v) is 12.3. The van der Waals surface area contributed by atoms with Gasteiger partial charge in [-0.3, -0.25) is 0 Å². The number of phenolic OH excluding ortho intramolecular Hbond substituents is 1. The lowest BCUT2D eigenvalue weighted by atomic mass is 10.1. The minimum atomic E-state index is -1.14. The lowest BCUT2D eigenvalue weighted by Gasteiger charge is -2.22. The molecular formula is C13H21NO3S. The summed E-state index contributed by atoms with van der Waals surface area (Å²) in [5.41, 5.74) is 0.919. The van der Waals surface area contributed by atoms with Crippen LogP contribution in [-0.2, 0) is 11.0 Å². The van der Waals surface area contributed by atoms with E-state index in [9.17, 15) is 9.32 Å². The Morgan fingerprint density at radius 1 is 1.39 bits per heavy atom. The van der Waals surface area contributed by atoms with Crippen LogP contribution in [0.5, 0.6) is 11.5 Å². The molecule has 0 saturated carbocycles. The van der Waals surface area contributed by atoms with E-state index in [-0.39, 0.29) is 16.5 Å². The van der Waals surface area contributed by atoms with E-state index in [0.29, 0.717) is 5.75 Å². The maximum Gasteiger partial charge on any atom is 0.160 e. The predicted octanol–water partition coefficient (Wildman–Crippen LogP) is 2.51. The number of hydrogen-bond donors (Lipinski definition) is 2. The fourth-order valence-electron chi connectivity index (χ4n) is 1.37. The maximum absolute atomic E-state index is 12.0. The Kier molecular flexibility index (Phi) is 4.76. The first-order chi connectivity index (χ1) is 8.25. The second kappa shape index (κ2) is 5.71. The molecule has 18 heavy (non-hydrogen) atoms. The summed E-state index contributed by atoms with van der Waals surface area (Å²) in [5.74, 6) is 0.521. The van der Waals surface area contributed by atoms with Crippen molar-refractivity contribution in [1.82, 2.24) is 4.72 Å². The third-order valence-electron chi connectivity index (χ3n) is 2.54. The number of hydrogen-bond acceptors (Lipinski definition) is 3. The number of phenols is 1. The third-order valence-corrected chi connectivity index (χ3v) is 4.22. The fourth-order valence-corrected chi connectivity index (χ4v) is 2.18. The molecular weight excluding hydrogens is 250 g/mol. The van der Waals surface area contributed by atoms with Crippen molar-refractivity contribution >= 4 is 11.0 Å². The summed E-state index contributed by atoms with van der Waals surface area (Å²) >= 11 is 0. The van der Waals surface area contributed by atoms with Gasteiger partial charge in [0.2, 0.25) is 0 Å². The Hall–Kier alpha value is -1.07. The molecule has 0 heterocycles. The van der Waals surface area contributed by atoms with E-state index in [1.54, 1.807) is 18.2 Å². The minimum Gasteiger partial charge on any atom is -0.504 e. The summed E-state index contributed by atoms with van der Waals surface area (Å²) in [6, 6.07) is 5.02. The summed E-state index contributed by atoms with van der Waals surface area (Å²) in [6.45, 7) is 7.68. The fraction of sp³-hybridized carbons (Fsp3) is 0.538. The van der Waals surface area contributed by atoms with Crippen LogP contribution in [0.25, 0.3) is 0 Å². The van der Waals surface area contributed by atoms with Crippen molar-refractivity contribution in [3.8, 4) is 11.5 Å². The van der Waals surface area contributed by atoms with Crippen LogP contribution in [0.4, 0.5) is 0 Å². The average Bonchev–Trinajstić information content (AvgIpc) is 2.28. The van der Waals surface area contributed by atoms with Crippen LogP contribution in [-0.4, -0.2) is 21.2 Å². The van der Waals surface area contributed by atoms with Gasteiger partial charge in [-0.15, -0.1) is 0 Å². The van der Waals surface area contributed by atoms with E-state index >= 15 is 0 Å². The molecule has 0 aliphatic carbocycles. The van der Waals surface area contributed by atoms with E-state index in [1.165, 1.54) is 7.11 Å². The van der Waals surface area contributed by atoms with Crippen molar-refractivity contribution in [3.05, 3.63) is 23.8 Å². The molecule has 0 unspecified atom stereocenters. The van der Waals surface area contributed by atoms with Gasteiger partial charge < -0.3 is 9.84 Å². The first kappa shape index (κ1) is 15.0. The van der Waals surface area contributed by atoms with E-state index < -0.39 is 11.0 Å². The van der Waals surface area contributed by atoms with Crippen molar-refractivity contribution in [2.24, 2.45) is 0 Å². The second-order valence-corrected chi connectivity index (χ2v) is 7.15. The smallest absolute Gasteiger partial charge is 0.160 e. The summed E-state index contributed by atoms with van der Waals surface area (Å²) in [5, 5.41) is 9.52. The van der Waals surface area contributed by atoms with Gasteiger partial charge in [-0.25, -0.2) is 8.93 Å². The van der Waals surface area contributed by atoms with Gasteiger partial charge in [0.1, 0.15) is 0 Å². The molecule has 0 bridgehead atoms. The van der Waals surface area contributed by atoms with E-state index in [0.717, 1.165) is 5.56 Å². The Morgan fingerprint density at radius 3 is 2.50 bits per heavy atom. The Labute approximate surface area is 111 Å². The number of nitrogens with one attached hydrogen (secondary N) is 1. The van der Waals surface area contributed by atoms with Gasteiger partial charge in [0.05, 0.1) is 22.8 Å². The van der Waals surface area contributed by atoms with Gasteiger partial charge in [-0.1, -0.05) is 6.07 Å². The van der Waals surface area contributed by atoms with Crippen LogP contribution in [0.2, 0.25) is 0 Å². The molecule has 0 saturated heterocycles. The minimum absolute atomic E-state index is 0.0837. The van der Waals surface area contributed by atoms with E-state index in [1.807, 2.05) is 27.7 Å². The molecule has 0 radical (unpaired) electrons. The lowest BCUT2D eigenvalue weighted by Crippen LogP contribution is -2.34. The molecule has 102 valence electrons. The normalized spacial score (nSPS) is 15.2. The van der Waals surface area contributed by atoms with Crippen molar-refractivity contribution < 1.29 is 14.1 Å². The monoisotopic (exact) mass is 271 g/mol. The molecule has 4 nitrogen and oxygen atoms in total. The highest BCUT2D eigenvalue weighted by Gasteiger charge is 2.22. The number of methoxy groups -OCH3 is 1. The van der Waals surface area contributed by atoms with Crippen LogP contribution >= 0.6 is 0 Å². The topological polar surface area (TPSA) is 58.6 Å². The molecule has 0 fully saturated rings. The van der Waals surface area contributed by atoms with Crippen molar-refractivity contribution in [3.63, 3.8) is 0 Å². The predicted molar refractivity (Wildman–Crippen MR) is 74.1 cm³/mol. The zero-order valence-electron chi connectivity index (χ0n) is 11.5. The third kappa shape index (κ3) is 3.71. The summed E-state index contributed by atoms with van der Waals surface area (Å²) < 4.78 is 19.8. The molecule has 1 aromatic carbocycles. The van der Waals surface area contributed by atoms with Crippen LogP contribution < -0.4 is 9.46 Å². The van der Waals surface area contributed by atoms with Gasteiger partial charge >= 0.3 is 0 Å². The highest BCUT2D eigenvalue weighted by atomic mass is 32.2. The van der Waals surface area contributed by atoms with Crippen LogP contribution in [0, 0.1) is 0 Å². The standard InChI is InChI=1S/C13H21NO3S/c1-9(14-18(16)13(2,3)4)10-6-7-11(15)12(8-10)17-5/h6-9,14-15H,1-5H3/t9-,18-/m1/s1. The van der Waals surface area contributed by atoms with E-state index in [4.69, 9.17) is 4.74 Å². The van der Waals surface area contributed by atoms with E-state index in [2.05, 4.69) is 4.72 Å². The Bertz CT molecular complexity index is 440. The molecule has 5 heteroatoms. The first-order valence-electron chi connectivity index (χ1n) is 5.80. The highest BCUT2D eigenvalue weighted by Crippen LogP contribution is 2.29. The second-order valence-electron chi connectivity index (χ2n) is 5.15. The molecule has 0 amide bonds. The molecule has 1 rings (SSSR count). The largest absolute Gasteiger partial charge is 0.504 e. The molecule has 0 aliphatic heterocycles. The van der Waals surface area contributed by atoms with Crippen LogP contribution in [0.3, 0.4) is 0 Å². The van der Waals surface area contributed by atoms with Crippen LogP contribution in [0.15, 0.2) is 18.2 Å². The van der Waals surface area contributed by atoms with Crippen molar-refractivity contribution in [1.29, 1.82) is 0 Å².